The maximum atomic E-state index is 12.0. The van der Waals surface area contributed by atoms with Crippen molar-refractivity contribution in [2.24, 2.45) is 0 Å². The number of hydrogen-bond acceptors (Lipinski definition) is 3. The van der Waals surface area contributed by atoms with Gasteiger partial charge < -0.3 is 14.8 Å². The molecule has 2 rings (SSSR count). The van der Waals surface area contributed by atoms with Crippen molar-refractivity contribution < 1.29 is 14.3 Å². The molecule has 1 amide bonds. The number of hydrogen-bond donors (Lipinski definition) is 1. The second-order valence-electron chi connectivity index (χ2n) is 4.95. The van der Waals surface area contributed by atoms with E-state index in [2.05, 4.69) is 17.4 Å². The van der Waals surface area contributed by atoms with Crippen molar-refractivity contribution in [1.29, 1.82) is 0 Å². The lowest BCUT2D eigenvalue weighted by Gasteiger charge is -2.10. The first-order chi connectivity index (χ1) is 10.7. The number of ether oxygens (including phenoxy) is 2. The third-order valence-corrected chi connectivity index (χ3v) is 3.39. The van der Waals surface area contributed by atoms with Crippen molar-refractivity contribution in [3.63, 3.8) is 0 Å². The lowest BCUT2D eigenvalue weighted by molar-refractivity contribution is -0.120. The molecular formula is C18H21NO3. The van der Waals surface area contributed by atoms with Gasteiger partial charge in [-0.15, -0.1) is 0 Å². The predicted molar refractivity (Wildman–Crippen MR) is 86.4 cm³/mol. The molecule has 0 aliphatic rings. The molecule has 0 radical (unpaired) electrons. The normalized spacial score (nSPS) is 10.1. The predicted octanol–water partition coefficient (Wildman–Crippen LogP) is 2.61. The Morgan fingerprint density at radius 1 is 0.955 bits per heavy atom. The molecule has 0 spiro atoms. The Balaban J connectivity index is 1.84. The lowest BCUT2D eigenvalue weighted by Crippen LogP contribution is -2.27. The molecule has 0 saturated carbocycles. The zero-order chi connectivity index (χ0) is 15.8. The molecule has 116 valence electrons. The van der Waals surface area contributed by atoms with Gasteiger partial charge in [-0.3, -0.25) is 4.79 Å². The van der Waals surface area contributed by atoms with E-state index < -0.39 is 0 Å². The fraction of sp³-hybridized carbons (Fsp3) is 0.278. The standard InChI is InChI=1S/C18H21NO3/c1-21-16-9-8-15(12-17(16)22-2)13-18(20)19-11-10-14-6-4-3-5-7-14/h3-9,12H,10-11,13H2,1-2H3,(H,19,20). The average Bonchev–Trinajstić information content (AvgIpc) is 2.55. The van der Waals surface area contributed by atoms with Crippen molar-refractivity contribution in [3.05, 3.63) is 59.7 Å². The molecule has 0 unspecified atom stereocenters. The van der Waals surface area contributed by atoms with E-state index >= 15 is 0 Å². The van der Waals surface area contributed by atoms with Crippen LogP contribution in [-0.2, 0) is 17.6 Å². The van der Waals surface area contributed by atoms with E-state index in [1.54, 1.807) is 14.2 Å². The Kier molecular flexibility index (Phi) is 5.83. The summed E-state index contributed by atoms with van der Waals surface area (Å²) in [6.07, 6.45) is 1.16. The van der Waals surface area contributed by atoms with Crippen molar-refractivity contribution in [2.45, 2.75) is 12.8 Å². The molecule has 0 heterocycles. The summed E-state index contributed by atoms with van der Waals surface area (Å²) < 4.78 is 10.4. The lowest BCUT2D eigenvalue weighted by atomic mass is 10.1. The summed E-state index contributed by atoms with van der Waals surface area (Å²) in [7, 11) is 3.18. The summed E-state index contributed by atoms with van der Waals surface area (Å²) in [5.41, 5.74) is 2.11. The third-order valence-electron chi connectivity index (χ3n) is 3.39. The first kappa shape index (κ1) is 15.9. The van der Waals surface area contributed by atoms with Crippen LogP contribution in [0.4, 0.5) is 0 Å². The van der Waals surface area contributed by atoms with Crippen LogP contribution < -0.4 is 14.8 Å². The molecule has 0 atom stereocenters. The number of nitrogens with one attached hydrogen (secondary N) is 1. The summed E-state index contributed by atoms with van der Waals surface area (Å²) in [5.74, 6) is 1.30. The van der Waals surface area contributed by atoms with E-state index in [1.807, 2.05) is 36.4 Å². The minimum atomic E-state index is 0.00292. The number of carbonyl (C=O) groups is 1. The van der Waals surface area contributed by atoms with Gasteiger partial charge in [0.2, 0.25) is 5.91 Å². The van der Waals surface area contributed by atoms with Gasteiger partial charge in [-0.1, -0.05) is 36.4 Å². The quantitative estimate of drug-likeness (QED) is 0.855. The van der Waals surface area contributed by atoms with Crippen LogP contribution in [0.3, 0.4) is 0 Å². The molecule has 2 aromatic carbocycles. The van der Waals surface area contributed by atoms with Gasteiger partial charge in [0.1, 0.15) is 0 Å². The van der Waals surface area contributed by atoms with Gasteiger partial charge in [-0.05, 0) is 29.7 Å². The van der Waals surface area contributed by atoms with E-state index in [0.717, 1.165) is 12.0 Å². The largest absolute Gasteiger partial charge is 0.493 e. The van der Waals surface area contributed by atoms with Gasteiger partial charge in [-0.2, -0.15) is 0 Å². The fourth-order valence-electron chi connectivity index (χ4n) is 2.23. The smallest absolute Gasteiger partial charge is 0.224 e. The van der Waals surface area contributed by atoms with Crippen molar-refractivity contribution >= 4 is 5.91 Å². The zero-order valence-corrected chi connectivity index (χ0v) is 13.0. The Bertz CT molecular complexity index is 611. The van der Waals surface area contributed by atoms with Gasteiger partial charge in [-0.25, -0.2) is 0 Å². The van der Waals surface area contributed by atoms with Gasteiger partial charge >= 0.3 is 0 Å². The van der Waals surface area contributed by atoms with Gasteiger partial charge in [0.25, 0.3) is 0 Å². The number of rotatable bonds is 7. The van der Waals surface area contributed by atoms with Crippen LogP contribution in [-0.4, -0.2) is 26.7 Å². The number of benzene rings is 2. The van der Waals surface area contributed by atoms with Gasteiger partial charge in [0.05, 0.1) is 20.6 Å². The Morgan fingerprint density at radius 3 is 2.36 bits per heavy atom. The molecule has 4 nitrogen and oxygen atoms in total. The molecule has 0 saturated heterocycles. The molecule has 2 aromatic rings. The number of amides is 1. The topological polar surface area (TPSA) is 47.6 Å². The van der Waals surface area contributed by atoms with Crippen molar-refractivity contribution in [1.82, 2.24) is 5.32 Å². The highest BCUT2D eigenvalue weighted by atomic mass is 16.5. The summed E-state index contributed by atoms with van der Waals surface area (Å²) in [6.45, 7) is 0.635. The van der Waals surface area contributed by atoms with E-state index in [1.165, 1.54) is 5.56 Å². The highest BCUT2D eigenvalue weighted by Gasteiger charge is 2.08. The average molecular weight is 299 g/mol. The van der Waals surface area contributed by atoms with Gasteiger partial charge in [0, 0.05) is 6.54 Å². The van der Waals surface area contributed by atoms with E-state index in [0.29, 0.717) is 24.5 Å². The molecule has 0 aromatic heterocycles. The van der Waals surface area contributed by atoms with Crippen LogP contribution in [0.1, 0.15) is 11.1 Å². The van der Waals surface area contributed by atoms with Crippen LogP contribution >= 0.6 is 0 Å². The Hall–Kier alpha value is -2.49. The van der Waals surface area contributed by atoms with Crippen molar-refractivity contribution in [2.75, 3.05) is 20.8 Å². The molecule has 0 fully saturated rings. The summed E-state index contributed by atoms with van der Waals surface area (Å²) >= 11 is 0. The van der Waals surface area contributed by atoms with Crippen molar-refractivity contribution in [3.8, 4) is 11.5 Å². The number of carbonyl (C=O) groups excluding carboxylic acids is 1. The van der Waals surface area contributed by atoms with E-state index in [4.69, 9.17) is 9.47 Å². The molecule has 0 aliphatic heterocycles. The zero-order valence-electron chi connectivity index (χ0n) is 13.0. The third kappa shape index (κ3) is 4.52. The maximum absolute atomic E-state index is 12.0. The Labute approximate surface area is 131 Å². The van der Waals surface area contributed by atoms with E-state index in [9.17, 15) is 4.79 Å². The minimum absolute atomic E-state index is 0.00292. The fourth-order valence-corrected chi connectivity index (χ4v) is 2.23. The molecule has 22 heavy (non-hydrogen) atoms. The summed E-state index contributed by atoms with van der Waals surface area (Å²) in [4.78, 5) is 12.0. The minimum Gasteiger partial charge on any atom is -0.493 e. The summed E-state index contributed by atoms with van der Waals surface area (Å²) in [6, 6.07) is 15.6. The second kappa shape index (κ2) is 8.08. The highest BCUT2D eigenvalue weighted by Crippen LogP contribution is 2.27. The van der Waals surface area contributed by atoms with Crippen LogP contribution in [0.25, 0.3) is 0 Å². The van der Waals surface area contributed by atoms with Crippen LogP contribution in [0, 0.1) is 0 Å². The monoisotopic (exact) mass is 299 g/mol. The maximum Gasteiger partial charge on any atom is 0.224 e. The highest BCUT2D eigenvalue weighted by molar-refractivity contribution is 5.78. The van der Waals surface area contributed by atoms with Crippen LogP contribution in [0.15, 0.2) is 48.5 Å². The van der Waals surface area contributed by atoms with Crippen LogP contribution in [0.2, 0.25) is 0 Å². The van der Waals surface area contributed by atoms with Crippen LogP contribution in [0.5, 0.6) is 11.5 Å². The molecule has 0 aliphatic carbocycles. The molecule has 1 N–H and O–H groups in total. The second-order valence-corrected chi connectivity index (χ2v) is 4.95. The summed E-state index contributed by atoms with van der Waals surface area (Å²) in [5, 5.41) is 2.93. The molecule has 4 heteroatoms. The number of methoxy groups -OCH3 is 2. The first-order valence-electron chi connectivity index (χ1n) is 7.24. The van der Waals surface area contributed by atoms with E-state index in [-0.39, 0.29) is 5.91 Å². The first-order valence-corrected chi connectivity index (χ1v) is 7.24. The molecule has 0 bridgehead atoms. The Morgan fingerprint density at radius 2 is 1.68 bits per heavy atom. The SMILES string of the molecule is COc1ccc(CC(=O)NCCc2ccccc2)cc1OC. The van der Waals surface area contributed by atoms with Gasteiger partial charge in [0.15, 0.2) is 11.5 Å². The molecular weight excluding hydrogens is 278 g/mol.